The van der Waals surface area contributed by atoms with E-state index in [-0.39, 0.29) is 17.9 Å². The fourth-order valence-corrected chi connectivity index (χ4v) is 2.99. The topological polar surface area (TPSA) is 93.7 Å². The Hall–Kier alpha value is -3.27. The first-order chi connectivity index (χ1) is 13.8. The first-order valence-corrected chi connectivity index (χ1v) is 8.81. The van der Waals surface area contributed by atoms with Crippen molar-refractivity contribution in [3.63, 3.8) is 0 Å². The van der Waals surface area contributed by atoms with E-state index >= 15 is 0 Å². The normalized spacial score (nSPS) is 13.3. The van der Waals surface area contributed by atoms with Crippen molar-refractivity contribution in [3.8, 4) is 0 Å². The van der Waals surface area contributed by atoms with Crippen LogP contribution in [-0.2, 0) is 6.18 Å². The van der Waals surface area contributed by atoms with E-state index < -0.39 is 23.7 Å². The molecular formula is C19H19F3N4O3. The van der Waals surface area contributed by atoms with Crippen LogP contribution in [0.15, 0.2) is 42.5 Å². The number of carbonyl (C=O) groups excluding carboxylic acids is 2. The molecule has 2 aromatic carbocycles. The number of halogens is 3. The molecule has 3 rings (SSSR count). The Balaban J connectivity index is 1.69. The Bertz CT molecular complexity index is 918. The lowest BCUT2D eigenvalue weighted by atomic mass is 10.1. The molecule has 0 atom stereocenters. The summed E-state index contributed by atoms with van der Waals surface area (Å²) in [5, 5.41) is 16.7. The molecule has 0 fully saturated rings. The number of amides is 3. The van der Waals surface area contributed by atoms with Crippen LogP contribution in [0.3, 0.4) is 0 Å². The van der Waals surface area contributed by atoms with E-state index in [2.05, 4.69) is 16.0 Å². The van der Waals surface area contributed by atoms with Gasteiger partial charge in [-0.05, 0) is 36.4 Å². The molecule has 0 radical (unpaired) electrons. The summed E-state index contributed by atoms with van der Waals surface area (Å²) >= 11 is 0. The number of aliphatic hydroxyl groups excluding tert-OH is 1. The number of hydrogen-bond donors (Lipinski definition) is 4. The number of urea groups is 1. The van der Waals surface area contributed by atoms with Gasteiger partial charge in [-0.15, -0.1) is 0 Å². The molecule has 0 saturated heterocycles. The maximum absolute atomic E-state index is 12.8. The molecular weight excluding hydrogens is 389 g/mol. The van der Waals surface area contributed by atoms with Crippen LogP contribution in [0.1, 0.15) is 15.9 Å². The number of β-amino-alcohol motifs (C(OH)–C–C–N with tert-alkyl or cyclic N) is 1. The molecule has 154 valence electrons. The maximum Gasteiger partial charge on any atom is 0.416 e. The van der Waals surface area contributed by atoms with Crippen LogP contribution >= 0.6 is 0 Å². The largest absolute Gasteiger partial charge is 0.416 e. The molecule has 0 aromatic heterocycles. The summed E-state index contributed by atoms with van der Waals surface area (Å²) in [6, 6.07) is 7.97. The molecule has 0 saturated carbocycles. The van der Waals surface area contributed by atoms with E-state index in [4.69, 9.17) is 0 Å². The van der Waals surface area contributed by atoms with Gasteiger partial charge in [-0.25, -0.2) is 4.79 Å². The monoisotopic (exact) mass is 408 g/mol. The highest BCUT2D eigenvalue weighted by atomic mass is 19.4. The fraction of sp³-hybridized carbons (Fsp3) is 0.263. The van der Waals surface area contributed by atoms with Crippen LogP contribution in [0, 0.1) is 0 Å². The molecule has 1 heterocycles. The van der Waals surface area contributed by atoms with Gasteiger partial charge >= 0.3 is 12.2 Å². The number of carbonyl (C=O) groups is 2. The number of hydrogen-bond acceptors (Lipinski definition) is 5. The van der Waals surface area contributed by atoms with E-state index in [1.165, 1.54) is 12.1 Å². The zero-order valence-electron chi connectivity index (χ0n) is 15.2. The van der Waals surface area contributed by atoms with Crippen molar-refractivity contribution in [1.29, 1.82) is 0 Å². The molecule has 1 aliphatic rings. The second-order valence-electron chi connectivity index (χ2n) is 6.36. The third kappa shape index (κ3) is 4.96. The van der Waals surface area contributed by atoms with E-state index in [1.54, 1.807) is 12.1 Å². The van der Waals surface area contributed by atoms with Gasteiger partial charge in [0.2, 0.25) is 0 Å². The second kappa shape index (κ2) is 8.39. The van der Waals surface area contributed by atoms with Crippen molar-refractivity contribution in [1.82, 2.24) is 5.32 Å². The van der Waals surface area contributed by atoms with Crippen molar-refractivity contribution in [2.75, 3.05) is 41.8 Å². The standard InChI is InChI=1S/C19H19F3N4O3/c20-19(21,22)13-2-1-3-14(11-13)24-18(29)25-17(28)12-4-5-15-16(10-12)26(8-9-27)7-6-23-15/h1-5,10-11,23,27H,6-9H2,(H2,24,25,28,29). The number of nitrogens with one attached hydrogen (secondary N) is 3. The predicted molar refractivity (Wildman–Crippen MR) is 102 cm³/mol. The molecule has 0 bridgehead atoms. The highest BCUT2D eigenvalue weighted by molar-refractivity contribution is 6.08. The second-order valence-corrected chi connectivity index (χ2v) is 6.36. The van der Waals surface area contributed by atoms with Crippen molar-refractivity contribution < 1.29 is 27.9 Å². The minimum Gasteiger partial charge on any atom is -0.395 e. The van der Waals surface area contributed by atoms with Crippen LogP contribution in [-0.4, -0.2) is 43.3 Å². The van der Waals surface area contributed by atoms with Gasteiger partial charge in [0.05, 0.1) is 23.5 Å². The Kier molecular flexibility index (Phi) is 5.92. The van der Waals surface area contributed by atoms with Gasteiger partial charge < -0.3 is 20.6 Å². The minimum atomic E-state index is -4.54. The average molecular weight is 408 g/mol. The quantitative estimate of drug-likeness (QED) is 0.624. The third-order valence-corrected chi connectivity index (χ3v) is 4.34. The number of imide groups is 1. The zero-order valence-corrected chi connectivity index (χ0v) is 15.2. The number of alkyl halides is 3. The Morgan fingerprint density at radius 2 is 1.97 bits per heavy atom. The van der Waals surface area contributed by atoms with Crippen molar-refractivity contribution in [3.05, 3.63) is 53.6 Å². The minimum absolute atomic E-state index is 0.0464. The number of fused-ring (bicyclic) bond motifs is 1. The lowest BCUT2D eigenvalue weighted by Gasteiger charge is -2.31. The molecule has 7 nitrogen and oxygen atoms in total. The predicted octanol–water partition coefficient (Wildman–Crippen LogP) is 2.89. The summed E-state index contributed by atoms with van der Waals surface area (Å²) in [6.45, 7) is 1.69. The zero-order chi connectivity index (χ0) is 21.0. The van der Waals surface area contributed by atoms with Gasteiger partial charge in [0.15, 0.2) is 0 Å². The Morgan fingerprint density at radius 3 is 2.69 bits per heavy atom. The van der Waals surface area contributed by atoms with Gasteiger partial charge in [0, 0.05) is 30.9 Å². The van der Waals surface area contributed by atoms with Crippen molar-refractivity contribution in [2.24, 2.45) is 0 Å². The molecule has 0 unspecified atom stereocenters. The van der Waals surface area contributed by atoms with Gasteiger partial charge in [-0.1, -0.05) is 6.07 Å². The summed E-state index contributed by atoms with van der Waals surface area (Å²) < 4.78 is 38.3. The van der Waals surface area contributed by atoms with Crippen LogP contribution in [0.25, 0.3) is 0 Å². The summed E-state index contributed by atoms with van der Waals surface area (Å²) in [5.74, 6) is -0.702. The van der Waals surface area contributed by atoms with Crippen LogP contribution in [0.2, 0.25) is 0 Å². The molecule has 1 aliphatic heterocycles. The molecule has 0 spiro atoms. The number of anilines is 3. The maximum atomic E-state index is 12.8. The van der Waals surface area contributed by atoms with Gasteiger partial charge in [-0.3, -0.25) is 10.1 Å². The lowest BCUT2D eigenvalue weighted by molar-refractivity contribution is -0.137. The first-order valence-electron chi connectivity index (χ1n) is 8.81. The van der Waals surface area contributed by atoms with E-state index in [1.807, 2.05) is 4.90 Å². The molecule has 3 amide bonds. The van der Waals surface area contributed by atoms with E-state index in [0.717, 1.165) is 29.6 Å². The van der Waals surface area contributed by atoms with Crippen LogP contribution in [0.4, 0.5) is 35.0 Å². The van der Waals surface area contributed by atoms with Gasteiger partial charge in [-0.2, -0.15) is 13.2 Å². The fourth-order valence-electron chi connectivity index (χ4n) is 2.99. The summed E-state index contributed by atoms with van der Waals surface area (Å²) in [5.41, 5.74) is 0.724. The number of benzene rings is 2. The summed E-state index contributed by atoms with van der Waals surface area (Å²) in [4.78, 5) is 26.3. The Labute approximate surface area is 164 Å². The average Bonchev–Trinajstić information content (AvgIpc) is 2.67. The third-order valence-electron chi connectivity index (χ3n) is 4.34. The molecule has 10 heteroatoms. The van der Waals surface area contributed by atoms with Crippen molar-refractivity contribution >= 4 is 29.0 Å². The summed E-state index contributed by atoms with van der Waals surface area (Å²) in [7, 11) is 0. The lowest BCUT2D eigenvalue weighted by Crippen LogP contribution is -2.37. The van der Waals surface area contributed by atoms with Gasteiger partial charge in [0.1, 0.15) is 0 Å². The SMILES string of the molecule is O=C(NC(=O)c1ccc2c(c1)N(CCO)CCN2)Nc1cccc(C(F)(F)F)c1. The summed E-state index contributed by atoms with van der Waals surface area (Å²) in [6.07, 6.45) is -4.54. The van der Waals surface area contributed by atoms with E-state index in [9.17, 15) is 27.9 Å². The highest BCUT2D eigenvalue weighted by Gasteiger charge is 2.30. The number of rotatable bonds is 4. The van der Waals surface area contributed by atoms with Crippen LogP contribution < -0.4 is 20.9 Å². The van der Waals surface area contributed by atoms with Crippen molar-refractivity contribution in [2.45, 2.75) is 6.18 Å². The molecule has 2 aromatic rings. The Morgan fingerprint density at radius 1 is 1.17 bits per heavy atom. The smallest absolute Gasteiger partial charge is 0.395 e. The molecule has 29 heavy (non-hydrogen) atoms. The first kappa shape index (κ1) is 20.5. The van der Waals surface area contributed by atoms with E-state index in [0.29, 0.717) is 19.6 Å². The van der Waals surface area contributed by atoms with Crippen LogP contribution in [0.5, 0.6) is 0 Å². The van der Waals surface area contributed by atoms with Gasteiger partial charge in [0.25, 0.3) is 5.91 Å². The highest BCUT2D eigenvalue weighted by Crippen LogP contribution is 2.31. The molecule has 4 N–H and O–H groups in total. The number of nitrogens with zero attached hydrogens (tertiary/aromatic N) is 1. The molecule has 0 aliphatic carbocycles. The number of aliphatic hydroxyl groups is 1.